The van der Waals surface area contributed by atoms with Crippen LogP contribution in [0.1, 0.15) is 12.8 Å². The van der Waals surface area contributed by atoms with Crippen LogP contribution < -0.4 is 0 Å². The summed E-state index contributed by atoms with van der Waals surface area (Å²) in [6.45, 7) is 0. The second-order valence-corrected chi connectivity index (χ2v) is 3.23. The monoisotopic (exact) mass is 166 g/mol. The Morgan fingerprint density at radius 3 is 2.30 bits per heavy atom. The molecular formula is C4H7O5P. The average Bonchev–Trinajstić information content (AvgIpc) is 1.80. The molecule has 0 aromatic carbocycles. The Bertz CT molecular complexity index is 180. The molecule has 0 amide bonds. The van der Waals surface area contributed by atoms with Crippen molar-refractivity contribution in [3.63, 3.8) is 0 Å². The molecule has 0 saturated carbocycles. The average molecular weight is 166 g/mol. The molecule has 6 heteroatoms. The third kappa shape index (κ3) is 3.50. The topological polar surface area (TPSA) is 91.7 Å². The molecule has 0 atom stereocenters. The Kier molecular flexibility index (Phi) is 3.42. The Morgan fingerprint density at radius 2 is 2.00 bits per heavy atom. The molecule has 0 aliphatic heterocycles. The fourth-order valence-electron chi connectivity index (χ4n) is 0.328. The van der Waals surface area contributed by atoms with Crippen LogP contribution in [0.25, 0.3) is 0 Å². The Labute approximate surface area is 57.2 Å². The van der Waals surface area contributed by atoms with Gasteiger partial charge in [-0.2, -0.15) is 0 Å². The molecule has 2 N–H and O–H groups in total. The minimum Gasteiger partial charge on any atom is -0.319 e. The van der Waals surface area contributed by atoms with Crippen LogP contribution in [0.15, 0.2) is 0 Å². The number of hydrogen-bond donors (Lipinski definition) is 2. The molecule has 0 spiro atoms. The van der Waals surface area contributed by atoms with Gasteiger partial charge in [0.25, 0.3) is 0 Å². The Morgan fingerprint density at radius 1 is 1.50 bits per heavy atom. The van der Waals surface area contributed by atoms with Gasteiger partial charge in [0.15, 0.2) is 0 Å². The molecule has 0 heterocycles. The third-order valence-corrected chi connectivity index (χ3v) is 1.67. The lowest BCUT2D eigenvalue weighted by molar-refractivity contribution is -0.115. The minimum absolute atomic E-state index is 0.135. The summed E-state index contributed by atoms with van der Waals surface area (Å²) < 4.78 is 10.1. The molecule has 58 valence electrons. The molecule has 0 saturated heterocycles. The second-order valence-electron chi connectivity index (χ2n) is 1.64. The van der Waals surface area contributed by atoms with Crippen molar-refractivity contribution >= 4 is 19.4 Å². The van der Waals surface area contributed by atoms with Crippen molar-refractivity contribution in [1.29, 1.82) is 0 Å². The molecule has 0 rings (SSSR count). The zero-order chi connectivity index (χ0) is 8.20. The van der Waals surface area contributed by atoms with Gasteiger partial charge < -0.3 is 14.6 Å². The van der Waals surface area contributed by atoms with Crippen LogP contribution in [0.4, 0.5) is 0 Å². The molecule has 5 nitrogen and oxygen atoms in total. The maximum absolute atomic E-state index is 10.3. The van der Waals surface area contributed by atoms with Gasteiger partial charge in [0.05, 0.1) is 0 Å². The van der Waals surface area contributed by atoms with Crippen molar-refractivity contribution in [2.75, 3.05) is 0 Å². The van der Waals surface area contributed by atoms with E-state index in [4.69, 9.17) is 9.79 Å². The fraction of sp³-hybridized carbons (Fsp3) is 0.500. The molecule has 0 fully saturated rings. The maximum atomic E-state index is 10.3. The molecule has 0 aromatic rings. The van der Waals surface area contributed by atoms with Gasteiger partial charge in [0.2, 0.25) is 5.52 Å². The van der Waals surface area contributed by atoms with Crippen LogP contribution in [0.3, 0.4) is 0 Å². The van der Waals surface area contributed by atoms with Gasteiger partial charge in [-0.15, -0.1) is 0 Å². The van der Waals surface area contributed by atoms with E-state index < -0.39 is 13.1 Å². The molecule has 0 aliphatic rings. The summed E-state index contributed by atoms with van der Waals surface area (Å²) in [5.41, 5.74) is -1.18. The second kappa shape index (κ2) is 3.61. The number of aldehydes is 1. The van der Waals surface area contributed by atoms with Gasteiger partial charge in [0.1, 0.15) is 6.29 Å². The van der Waals surface area contributed by atoms with Crippen molar-refractivity contribution in [3.05, 3.63) is 0 Å². The van der Waals surface area contributed by atoms with Gasteiger partial charge in [0, 0.05) is 12.8 Å². The highest BCUT2D eigenvalue weighted by molar-refractivity contribution is 7.70. The van der Waals surface area contributed by atoms with E-state index in [1.165, 1.54) is 0 Å². The SMILES string of the molecule is O=CCCC(=O)P(=O)(O)O. The van der Waals surface area contributed by atoms with E-state index >= 15 is 0 Å². The number of carbonyl (C=O) groups excluding carboxylic acids is 2. The summed E-state index contributed by atoms with van der Waals surface area (Å²) in [4.78, 5) is 36.2. The lowest BCUT2D eigenvalue weighted by Crippen LogP contribution is -1.98. The smallest absolute Gasteiger partial charge is 0.319 e. The van der Waals surface area contributed by atoms with E-state index in [0.717, 1.165) is 0 Å². The number of carbonyl (C=O) groups is 2. The van der Waals surface area contributed by atoms with Crippen LogP contribution in [-0.4, -0.2) is 21.6 Å². The summed E-state index contributed by atoms with van der Waals surface area (Å²) in [7, 11) is -4.58. The van der Waals surface area contributed by atoms with E-state index in [1.54, 1.807) is 0 Å². The van der Waals surface area contributed by atoms with Crippen molar-refractivity contribution in [1.82, 2.24) is 0 Å². The number of hydrogen-bond acceptors (Lipinski definition) is 3. The molecule has 0 radical (unpaired) electrons. The first-order chi connectivity index (χ1) is 4.48. The van der Waals surface area contributed by atoms with E-state index in [9.17, 15) is 14.2 Å². The minimum atomic E-state index is -4.58. The van der Waals surface area contributed by atoms with Crippen LogP contribution in [-0.2, 0) is 14.2 Å². The standard InChI is InChI=1S/C4H7O5P/c5-3-1-2-4(6)10(7,8)9/h3H,1-2H2,(H2,7,8,9). The first-order valence-electron chi connectivity index (χ1n) is 2.51. The van der Waals surface area contributed by atoms with Crippen LogP contribution in [0.2, 0.25) is 0 Å². The summed E-state index contributed by atoms with van der Waals surface area (Å²) >= 11 is 0. The van der Waals surface area contributed by atoms with E-state index in [1.807, 2.05) is 0 Å². The van der Waals surface area contributed by atoms with Gasteiger partial charge in [-0.25, -0.2) is 0 Å². The van der Waals surface area contributed by atoms with Crippen LogP contribution in [0, 0.1) is 0 Å². The predicted molar refractivity (Wildman–Crippen MR) is 32.3 cm³/mol. The van der Waals surface area contributed by atoms with E-state index in [-0.39, 0.29) is 12.8 Å². The molecule has 0 bridgehead atoms. The quantitative estimate of drug-likeness (QED) is 0.440. The van der Waals surface area contributed by atoms with Gasteiger partial charge in [-0.05, 0) is 0 Å². The first-order valence-corrected chi connectivity index (χ1v) is 4.12. The highest BCUT2D eigenvalue weighted by Gasteiger charge is 2.23. The summed E-state index contributed by atoms with van der Waals surface area (Å²) in [5.74, 6) is 0. The zero-order valence-corrected chi connectivity index (χ0v) is 5.95. The third-order valence-electron chi connectivity index (χ3n) is 0.801. The highest BCUT2D eigenvalue weighted by atomic mass is 31.2. The fourth-order valence-corrected chi connectivity index (χ4v) is 0.748. The van der Waals surface area contributed by atoms with Crippen molar-refractivity contribution < 1.29 is 23.9 Å². The first kappa shape index (κ1) is 9.49. The van der Waals surface area contributed by atoms with Crippen molar-refractivity contribution in [2.45, 2.75) is 12.8 Å². The van der Waals surface area contributed by atoms with Crippen molar-refractivity contribution in [3.8, 4) is 0 Å². The summed E-state index contributed by atoms with van der Waals surface area (Å²) in [5, 5.41) is 0. The largest absolute Gasteiger partial charge is 0.391 e. The molecular weight excluding hydrogens is 159 g/mol. The summed E-state index contributed by atoms with van der Waals surface area (Å²) in [6.07, 6.45) is -0.0781. The Balaban J connectivity index is 3.87. The van der Waals surface area contributed by atoms with E-state index in [2.05, 4.69) is 0 Å². The van der Waals surface area contributed by atoms with Gasteiger partial charge in [-0.1, -0.05) is 0 Å². The molecule has 0 unspecified atom stereocenters. The predicted octanol–water partition coefficient (Wildman–Crippen LogP) is -0.330. The van der Waals surface area contributed by atoms with Crippen molar-refractivity contribution in [2.24, 2.45) is 0 Å². The lowest BCUT2D eigenvalue weighted by atomic mass is 10.4. The molecule has 10 heavy (non-hydrogen) atoms. The summed E-state index contributed by atoms with van der Waals surface area (Å²) in [6, 6.07) is 0. The van der Waals surface area contributed by atoms with Crippen LogP contribution >= 0.6 is 7.60 Å². The van der Waals surface area contributed by atoms with Gasteiger partial charge in [-0.3, -0.25) is 9.36 Å². The highest BCUT2D eigenvalue weighted by Crippen LogP contribution is 2.36. The zero-order valence-electron chi connectivity index (χ0n) is 5.06. The van der Waals surface area contributed by atoms with E-state index in [0.29, 0.717) is 6.29 Å². The molecule has 0 aliphatic carbocycles. The van der Waals surface area contributed by atoms with Crippen LogP contribution in [0.5, 0.6) is 0 Å². The lowest BCUT2D eigenvalue weighted by Gasteiger charge is -1.97. The number of rotatable bonds is 4. The molecule has 0 aromatic heterocycles. The Hall–Kier alpha value is -0.510. The maximum Gasteiger partial charge on any atom is 0.391 e. The van der Waals surface area contributed by atoms with Gasteiger partial charge >= 0.3 is 7.60 Å². The normalized spacial score (nSPS) is 11.0.